The molecule has 0 aliphatic carbocycles. The standard InChI is InChI=1S/C12H6F3N3O3/c13-6-1-2-8(9(5-6)18(20)21)17-12(19)7-3-4-16-11(15)10(7)14/h1-5H,(H,17,19). The van der Waals surface area contributed by atoms with Crippen LogP contribution in [0.4, 0.5) is 24.5 Å². The normalized spacial score (nSPS) is 10.2. The van der Waals surface area contributed by atoms with Crippen LogP contribution in [0, 0.1) is 27.7 Å². The van der Waals surface area contributed by atoms with Crippen molar-refractivity contribution in [3.63, 3.8) is 0 Å². The van der Waals surface area contributed by atoms with Gasteiger partial charge in [-0.1, -0.05) is 0 Å². The van der Waals surface area contributed by atoms with E-state index in [4.69, 9.17) is 0 Å². The summed E-state index contributed by atoms with van der Waals surface area (Å²) in [5, 5.41) is 12.8. The molecular formula is C12H6F3N3O3. The molecule has 21 heavy (non-hydrogen) atoms. The van der Waals surface area contributed by atoms with Crippen LogP contribution in [0.25, 0.3) is 0 Å². The molecular weight excluding hydrogens is 291 g/mol. The van der Waals surface area contributed by atoms with Crippen molar-refractivity contribution in [3.8, 4) is 0 Å². The fourth-order valence-corrected chi connectivity index (χ4v) is 1.54. The molecule has 0 bridgehead atoms. The molecule has 0 aliphatic heterocycles. The first-order valence-corrected chi connectivity index (χ1v) is 5.45. The van der Waals surface area contributed by atoms with Gasteiger partial charge >= 0.3 is 0 Å². The number of halogens is 3. The molecule has 1 heterocycles. The molecule has 0 saturated heterocycles. The Balaban J connectivity index is 2.36. The van der Waals surface area contributed by atoms with Gasteiger partial charge in [-0.2, -0.15) is 4.39 Å². The molecule has 0 atom stereocenters. The lowest BCUT2D eigenvalue weighted by Gasteiger charge is -2.06. The number of carbonyl (C=O) groups is 1. The van der Waals surface area contributed by atoms with Crippen LogP contribution >= 0.6 is 0 Å². The maximum Gasteiger partial charge on any atom is 0.295 e. The van der Waals surface area contributed by atoms with E-state index in [-0.39, 0.29) is 5.69 Å². The van der Waals surface area contributed by atoms with E-state index in [1.165, 1.54) is 0 Å². The summed E-state index contributed by atoms with van der Waals surface area (Å²) in [5.74, 6) is -4.96. The zero-order chi connectivity index (χ0) is 15.6. The highest BCUT2D eigenvalue weighted by Gasteiger charge is 2.21. The summed E-state index contributed by atoms with van der Waals surface area (Å²) in [6.45, 7) is 0. The number of carbonyl (C=O) groups excluding carboxylic acids is 1. The molecule has 2 aromatic rings. The highest BCUT2D eigenvalue weighted by atomic mass is 19.2. The van der Waals surface area contributed by atoms with Gasteiger partial charge in [0.15, 0.2) is 5.82 Å². The number of nitrogens with one attached hydrogen (secondary N) is 1. The molecule has 1 aromatic heterocycles. The molecule has 0 fully saturated rings. The predicted molar refractivity (Wildman–Crippen MR) is 65.2 cm³/mol. The molecule has 0 aliphatic rings. The van der Waals surface area contributed by atoms with Gasteiger partial charge in [-0.25, -0.2) is 13.8 Å². The van der Waals surface area contributed by atoms with Crippen LogP contribution in [0.3, 0.4) is 0 Å². The molecule has 2 rings (SSSR count). The summed E-state index contributed by atoms with van der Waals surface area (Å²) < 4.78 is 39.3. The average Bonchev–Trinajstić information content (AvgIpc) is 2.43. The van der Waals surface area contributed by atoms with Gasteiger partial charge in [0.25, 0.3) is 11.6 Å². The van der Waals surface area contributed by atoms with Gasteiger partial charge in [0.2, 0.25) is 5.95 Å². The third-order valence-electron chi connectivity index (χ3n) is 2.50. The van der Waals surface area contributed by atoms with Crippen LogP contribution in [0.5, 0.6) is 0 Å². The quantitative estimate of drug-likeness (QED) is 0.536. The molecule has 108 valence electrons. The highest BCUT2D eigenvalue weighted by Crippen LogP contribution is 2.25. The summed E-state index contributed by atoms with van der Waals surface area (Å²) >= 11 is 0. The van der Waals surface area contributed by atoms with Crippen LogP contribution in [0.1, 0.15) is 10.4 Å². The lowest BCUT2D eigenvalue weighted by Crippen LogP contribution is -2.16. The minimum atomic E-state index is -1.49. The summed E-state index contributed by atoms with van der Waals surface area (Å²) in [4.78, 5) is 24.6. The van der Waals surface area contributed by atoms with Crippen molar-refractivity contribution in [1.82, 2.24) is 4.98 Å². The Morgan fingerprint density at radius 3 is 2.62 bits per heavy atom. The monoisotopic (exact) mass is 297 g/mol. The lowest BCUT2D eigenvalue weighted by molar-refractivity contribution is -0.384. The number of rotatable bonds is 3. The zero-order valence-corrected chi connectivity index (χ0v) is 10.1. The number of nitrogens with zero attached hydrogens (tertiary/aromatic N) is 2. The fraction of sp³-hybridized carbons (Fsp3) is 0. The predicted octanol–water partition coefficient (Wildman–Crippen LogP) is 2.66. The van der Waals surface area contributed by atoms with E-state index in [2.05, 4.69) is 4.98 Å². The highest BCUT2D eigenvalue weighted by molar-refractivity contribution is 6.05. The minimum absolute atomic E-state index is 0.344. The van der Waals surface area contributed by atoms with Gasteiger partial charge in [-0.15, -0.1) is 0 Å². The second-order valence-corrected chi connectivity index (χ2v) is 3.84. The van der Waals surface area contributed by atoms with Gasteiger partial charge in [-0.3, -0.25) is 14.9 Å². The fourth-order valence-electron chi connectivity index (χ4n) is 1.54. The van der Waals surface area contributed by atoms with Crippen molar-refractivity contribution in [2.45, 2.75) is 0 Å². The van der Waals surface area contributed by atoms with Crippen molar-refractivity contribution in [2.75, 3.05) is 5.32 Å². The SMILES string of the molecule is O=C(Nc1ccc(F)cc1[N+](=O)[O-])c1ccnc(F)c1F. The van der Waals surface area contributed by atoms with E-state index in [1.807, 2.05) is 5.32 Å². The van der Waals surface area contributed by atoms with E-state index in [1.54, 1.807) is 0 Å². The third kappa shape index (κ3) is 2.96. The van der Waals surface area contributed by atoms with Gasteiger partial charge in [0.1, 0.15) is 11.5 Å². The molecule has 9 heteroatoms. The number of pyridine rings is 1. The smallest absolute Gasteiger partial charge is 0.295 e. The van der Waals surface area contributed by atoms with Crippen molar-refractivity contribution >= 4 is 17.3 Å². The number of hydrogen-bond acceptors (Lipinski definition) is 4. The molecule has 1 aromatic carbocycles. The summed E-state index contributed by atoms with van der Waals surface area (Å²) in [6, 6.07) is 3.33. The van der Waals surface area contributed by atoms with Crippen molar-refractivity contribution in [1.29, 1.82) is 0 Å². The largest absolute Gasteiger partial charge is 0.316 e. The second kappa shape index (κ2) is 5.57. The summed E-state index contributed by atoms with van der Waals surface area (Å²) in [5.41, 5.74) is -1.73. The van der Waals surface area contributed by atoms with Gasteiger partial charge in [0, 0.05) is 6.20 Å². The maximum atomic E-state index is 13.4. The van der Waals surface area contributed by atoms with Crippen molar-refractivity contribution in [2.24, 2.45) is 0 Å². The Labute approximate surface area is 115 Å². The summed E-state index contributed by atoms with van der Waals surface area (Å²) in [6.07, 6.45) is 0.867. The Hall–Kier alpha value is -2.97. The number of benzene rings is 1. The van der Waals surface area contributed by atoms with E-state index < -0.39 is 39.7 Å². The molecule has 1 N–H and O–H groups in total. The molecule has 1 amide bonds. The van der Waals surface area contributed by atoms with E-state index in [0.29, 0.717) is 6.07 Å². The average molecular weight is 297 g/mol. The number of aromatic nitrogens is 1. The Kier molecular flexibility index (Phi) is 3.83. The second-order valence-electron chi connectivity index (χ2n) is 3.84. The van der Waals surface area contributed by atoms with Crippen LogP contribution in [0.2, 0.25) is 0 Å². The number of amides is 1. The van der Waals surface area contributed by atoms with Crippen LogP contribution in [-0.2, 0) is 0 Å². The van der Waals surface area contributed by atoms with Crippen molar-refractivity contribution < 1.29 is 22.9 Å². The van der Waals surface area contributed by atoms with E-state index >= 15 is 0 Å². The van der Waals surface area contributed by atoms with Gasteiger partial charge < -0.3 is 5.32 Å². The molecule has 0 spiro atoms. The van der Waals surface area contributed by atoms with E-state index in [9.17, 15) is 28.1 Å². The van der Waals surface area contributed by atoms with Crippen molar-refractivity contribution in [3.05, 3.63) is 63.7 Å². The Morgan fingerprint density at radius 2 is 1.95 bits per heavy atom. The number of nitro benzene ring substituents is 1. The van der Waals surface area contributed by atoms with Crippen LogP contribution < -0.4 is 5.32 Å². The molecule has 0 saturated carbocycles. The number of nitro groups is 1. The minimum Gasteiger partial charge on any atom is -0.316 e. The van der Waals surface area contributed by atoms with Crippen LogP contribution in [-0.4, -0.2) is 15.8 Å². The van der Waals surface area contributed by atoms with Crippen LogP contribution in [0.15, 0.2) is 30.5 Å². The first-order valence-electron chi connectivity index (χ1n) is 5.45. The van der Waals surface area contributed by atoms with E-state index in [0.717, 1.165) is 24.4 Å². The first-order chi connectivity index (χ1) is 9.90. The number of anilines is 1. The topological polar surface area (TPSA) is 85.1 Å². The van der Waals surface area contributed by atoms with Gasteiger partial charge in [0.05, 0.1) is 16.6 Å². The maximum absolute atomic E-state index is 13.4. The lowest BCUT2D eigenvalue weighted by atomic mass is 10.2. The summed E-state index contributed by atoms with van der Waals surface area (Å²) in [7, 11) is 0. The molecule has 6 nitrogen and oxygen atoms in total. The first kappa shape index (κ1) is 14.4. The Bertz CT molecular complexity index is 737. The molecule has 0 radical (unpaired) electrons. The number of hydrogen-bond donors (Lipinski definition) is 1. The Morgan fingerprint density at radius 1 is 1.24 bits per heavy atom. The van der Waals surface area contributed by atoms with Gasteiger partial charge in [-0.05, 0) is 18.2 Å². The molecule has 0 unspecified atom stereocenters. The third-order valence-corrected chi connectivity index (χ3v) is 2.50. The zero-order valence-electron chi connectivity index (χ0n) is 10.1.